The van der Waals surface area contributed by atoms with Gasteiger partial charge in [0, 0.05) is 27.2 Å². The van der Waals surface area contributed by atoms with E-state index in [1.807, 2.05) is 60.7 Å². The van der Waals surface area contributed by atoms with Crippen LogP contribution in [0.2, 0.25) is 0 Å². The van der Waals surface area contributed by atoms with Gasteiger partial charge in [-0.05, 0) is 102 Å². The van der Waals surface area contributed by atoms with Crippen LogP contribution in [-0.2, 0) is 0 Å². The predicted molar refractivity (Wildman–Crippen MR) is 201 cm³/mol. The van der Waals surface area contributed by atoms with Crippen LogP contribution in [0.5, 0.6) is 0 Å². The molecule has 0 unspecified atom stereocenters. The second kappa shape index (κ2) is 11.5. The lowest BCUT2D eigenvalue weighted by Crippen LogP contribution is -2.04. The average Bonchev–Trinajstić information content (AvgIpc) is 3.70. The van der Waals surface area contributed by atoms with Crippen LogP contribution in [0, 0.1) is 34.0 Å². The normalized spacial score (nSPS) is 12.8. The highest BCUT2D eigenvalue weighted by Crippen LogP contribution is 2.41. The van der Waals surface area contributed by atoms with Crippen molar-refractivity contribution in [1.29, 1.82) is 15.8 Å². The largest absolute Gasteiger partial charge is 0.309 e. The molecule has 0 fully saturated rings. The molecule has 232 valence electrons. The van der Waals surface area contributed by atoms with E-state index < -0.39 is 0 Å². The molecule has 1 aliphatic rings. The molecular weight excluding hydrogens is 611 g/mol. The first-order valence-electron chi connectivity index (χ1n) is 16.6. The van der Waals surface area contributed by atoms with Gasteiger partial charge in [-0.3, -0.25) is 0 Å². The summed E-state index contributed by atoms with van der Waals surface area (Å²) in [4.78, 5) is 0. The molecular formula is C45H27N5. The molecule has 50 heavy (non-hydrogen) atoms. The van der Waals surface area contributed by atoms with Gasteiger partial charge in [-0.25, -0.2) is 0 Å². The number of para-hydroxylation sites is 3. The molecule has 0 atom stereocenters. The molecule has 2 heterocycles. The summed E-state index contributed by atoms with van der Waals surface area (Å²) in [6.07, 6.45) is 6.10. The maximum absolute atomic E-state index is 10.4. The Labute approximate surface area is 288 Å². The molecule has 2 aromatic heterocycles. The van der Waals surface area contributed by atoms with E-state index in [9.17, 15) is 15.8 Å². The standard InChI is InChI=1S/C45H27N5/c46-26-29-17-22-44-39(23-29)37-12-4-8-16-43(37)50(44)45-25-31(19-21-33(45)28-48)30-18-20-32(27-47)38(24-30)36-11-3-7-15-42(36)49-40-13-5-1-9-34(40)35-10-2-6-14-41(35)49/h1-2,4-10,12-25H,3,11H2. The third-order valence-electron chi connectivity index (χ3n) is 9.93. The number of rotatable bonds is 4. The summed E-state index contributed by atoms with van der Waals surface area (Å²) in [6, 6.07) is 49.9. The highest BCUT2D eigenvalue weighted by atomic mass is 15.0. The third-order valence-corrected chi connectivity index (χ3v) is 9.93. The molecule has 5 nitrogen and oxygen atoms in total. The minimum absolute atomic E-state index is 0.545. The van der Waals surface area contributed by atoms with Gasteiger partial charge in [0.05, 0.1) is 56.6 Å². The molecule has 0 amide bonds. The van der Waals surface area contributed by atoms with Gasteiger partial charge in [-0.15, -0.1) is 0 Å². The van der Waals surface area contributed by atoms with E-state index in [1.165, 1.54) is 10.8 Å². The van der Waals surface area contributed by atoms with Crippen molar-refractivity contribution < 1.29 is 0 Å². The molecule has 0 spiro atoms. The quantitative estimate of drug-likeness (QED) is 0.192. The van der Waals surface area contributed by atoms with Crippen LogP contribution in [-0.4, -0.2) is 9.13 Å². The Kier molecular flexibility index (Phi) is 6.70. The number of hydrogen-bond acceptors (Lipinski definition) is 3. The summed E-state index contributed by atoms with van der Waals surface area (Å²) in [6.45, 7) is 0. The Morgan fingerprint density at radius 3 is 1.74 bits per heavy atom. The zero-order valence-electron chi connectivity index (χ0n) is 26.9. The maximum Gasteiger partial charge on any atom is 0.101 e. The summed E-state index contributed by atoms with van der Waals surface area (Å²) < 4.78 is 4.45. The molecule has 1 aliphatic carbocycles. The second-order valence-electron chi connectivity index (χ2n) is 12.6. The van der Waals surface area contributed by atoms with Crippen molar-refractivity contribution in [2.24, 2.45) is 0 Å². The van der Waals surface area contributed by atoms with Crippen molar-refractivity contribution in [3.05, 3.63) is 162 Å². The molecule has 0 saturated carbocycles. The number of nitriles is 3. The topological polar surface area (TPSA) is 81.2 Å². The summed E-state index contributed by atoms with van der Waals surface area (Å²) in [5, 5.41) is 34.7. The Morgan fingerprint density at radius 1 is 0.500 bits per heavy atom. The summed E-state index contributed by atoms with van der Waals surface area (Å²) >= 11 is 0. The molecule has 0 saturated heterocycles. The number of hydrogen-bond donors (Lipinski definition) is 0. The van der Waals surface area contributed by atoms with Gasteiger partial charge in [0.2, 0.25) is 0 Å². The highest BCUT2D eigenvalue weighted by Gasteiger charge is 2.21. The van der Waals surface area contributed by atoms with E-state index in [0.29, 0.717) is 16.7 Å². The fraction of sp³-hybridized carbons (Fsp3) is 0.0444. The first kappa shape index (κ1) is 29.0. The van der Waals surface area contributed by atoms with Crippen LogP contribution in [0.1, 0.15) is 35.1 Å². The smallest absolute Gasteiger partial charge is 0.101 e. The number of aromatic nitrogens is 2. The lowest BCUT2D eigenvalue weighted by Gasteiger charge is -2.21. The van der Waals surface area contributed by atoms with Gasteiger partial charge in [-0.1, -0.05) is 72.8 Å². The van der Waals surface area contributed by atoms with E-state index >= 15 is 0 Å². The van der Waals surface area contributed by atoms with Crippen molar-refractivity contribution in [2.45, 2.75) is 12.8 Å². The highest BCUT2D eigenvalue weighted by molar-refractivity contribution is 6.12. The minimum Gasteiger partial charge on any atom is -0.309 e. The lowest BCUT2D eigenvalue weighted by molar-refractivity contribution is 1.04. The van der Waals surface area contributed by atoms with Crippen LogP contribution in [0.3, 0.4) is 0 Å². The minimum atomic E-state index is 0.545. The summed E-state index contributed by atoms with van der Waals surface area (Å²) in [5.74, 6) is 0. The van der Waals surface area contributed by atoms with E-state index in [0.717, 1.165) is 79.3 Å². The fourth-order valence-electron chi connectivity index (χ4n) is 7.68. The van der Waals surface area contributed by atoms with E-state index in [2.05, 4.69) is 106 Å². The SMILES string of the molecule is N#Cc1ccc2c(c1)c1ccccc1n2-c1cc(-c2ccc(C#N)c(C3=C(n4c5ccccc5c5ccccc54)C=CCC3)c2)ccc1C#N. The van der Waals surface area contributed by atoms with E-state index in [4.69, 9.17) is 0 Å². The average molecular weight is 638 g/mol. The molecule has 6 aromatic carbocycles. The van der Waals surface area contributed by atoms with Crippen LogP contribution >= 0.6 is 0 Å². The number of fused-ring (bicyclic) bond motifs is 6. The fourth-order valence-corrected chi connectivity index (χ4v) is 7.68. The zero-order chi connectivity index (χ0) is 33.8. The molecule has 9 rings (SSSR count). The molecule has 0 radical (unpaired) electrons. The van der Waals surface area contributed by atoms with Crippen LogP contribution < -0.4 is 0 Å². The Bertz CT molecular complexity index is 2860. The zero-order valence-corrected chi connectivity index (χ0v) is 26.9. The van der Waals surface area contributed by atoms with Crippen molar-refractivity contribution >= 4 is 54.9 Å². The van der Waals surface area contributed by atoms with Crippen molar-refractivity contribution in [1.82, 2.24) is 9.13 Å². The Balaban J connectivity index is 1.26. The van der Waals surface area contributed by atoms with Gasteiger partial charge < -0.3 is 9.13 Å². The lowest BCUT2D eigenvalue weighted by atomic mass is 9.89. The molecule has 8 aromatic rings. The van der Waals surface area contributed by atoms with Gasteiger partial charge in [0.15, 0.2) is 0 Å². The van der Waals surface area contributed by atoms with Crippen LogP contribution in [0.15, 0.2) is 140 Å². The summed E-state index contributed by atoms with van der Waals surface area (Å²) in [7, 11) is 0. The number of allylic oxidation sites excluding steroid dienone is 4. The number of benzene rings is 6. The Hall–Kier alpha value is -7.13. The molecule has 5 heteroatoms. The van der Waals surface area contributed by atoms with Crippen molar-refractivity contribution in [2.75, 3.05) is 0 Å². The van der Waals surface area contributed by atoms with Gasteiger partial charge in [0.1, 0.15) is 6.07 Å². The van der Waals surface area contributed by atoms with Gasteiger partial charge in [0.25, 0.3) is 0 Å². The van der Waals surface area contributed by atoms with E-state index in [1.54, 1.807) is 0 Å². The molecule has 0 bridgehead atoms. The monoisotopic (exact) mass is 637 g/mol. The Morgan fingerprint density at radius 2 is 1.08 bits per heavy atom. The maximum atomic E-state index is 10.4. The molecule has 0 aliphatic heterocycles. The third kappa shape index (κ3) is 4.37. The van der Waals surface area contributed by atoms with Crippen molar-refractivity contribution in [3.8, 4) is 35.0 Å². The van der Waals surface area contributed by atoms with E-state index in [-0.39, 0.29) is 0 Å². The number of nitrogens with zero attached hydrogens (tertiary/aromatic N) is 5. The van der Waals surface area contributed by atoms with Crippen LogP contribution in [0.4, 0.5) is 0 Å². The van der Waals surface area contributed by atoms with Gasteiger partial charge >= 0.3 is 0 Å². The molecule has 0 N–H and O–H groups in total. The van der Waals surface area contributed by atoms with Crippen molar-refractivity contribution in [3.63, 3.8) is 0 Å². The summed E-state index contributed by atoms with van der Waals surface area (Å²) in [5.41, 5.74) is 11.7. The first-order valence-corrected chi connectivity index (χ1v) is 16.6. The van der Waals surface area contributed by atoms with Gasteiger partial charge in [-0.2, -0.15) is 15.8 Å². The van der Waals surface area contributed by atoms with Crippen LogP contribution in [0.25, 0.3) is 71.7 Å². The predicted octanol–water partition coefficient (Wildman–Crippen LogP) is 10.9. The first-order chi connectivity index (χ1) is 24.7. The second-order valence-corrected chi connectivity index (χ2v) is 12.6.